The zero-order valence-corrected chi connectivity index (χ0v) is 10.4. The van der Waals surface area contributed by atoms with Crippen LogP contribution in [0.5, 0.6) is 0 Å². The van der Waals surface area contributed by atoms with Crippen LogP contribution >= 0.6 is 0 Å². The summed E-state index contributed by atoms with van der Waals surface area (Å²) < 4.78 is 13.4. The molecule has 0 aromatic heterocycles. The molecular weight excluding hydrogens is 249 g/mol. The number of carbonyl (C=O) groups is 2. The number of hydrogen-bond acceptors (Lipinski definition) is 2. The zero-order chi connectivity index (χ0) is 13.8. The van der Waals surface area contributed by atoms with Crippen LogP contribution < -0.4 is 5.32 Å². The predicted octanol–water partition coefficient (Wildman–Crippen LogP) is 2.66. The second-order valence-electron chi connectivity index (χ2n) is 4.80. The largest absolute Gasteiger partial charge is 0.481 e. The minimum Gasteiger partial charge on any atom is -0.481 e. The van der Waals surface area contributed by atoms with Crippen molar-refractivity contribution in [3.05, 3.63) is 30.1 Å². The summed E-state index contributed by atoms with van der Waals surface area (Å²) in [4.78, 5) is 23.2. The number of para-hydroxylation sites is 1. The van der Waals surface area contributed by atoms with Gasteiger partial charge in [0.2, 0.25) is 5.91 Å². The summed E-state index contributed by atoms with van der Waals surface area (Å²) in [5.74, 6) is -3.12. The van der Waals surface area contributed by atoms with Gasteiger partial charge in [-0.2, -0.15) is 0 Å². The zero-order valence-electron chi connectivity index (χ0n) is 10.4. The van der Waals surface area contributed by atoms with Crippen molar-refractivity contribution in [2.75, 3.05) is 5.32 Å². The maximum atomic E-state index is 13.4. The number of nitrogens with one attached hydrogen (secondary N) is 1. The van der Waals surface area contributed by atoms with Crippen molar-refractivity contribution < 1.29 is 19.1 Å². The van der Waals surface area contributed by atoms with Crippen molar-refractivity contribution in [2.24, 2.45) is 11.8 Å². The van der Waals surface area contributed by atoms with E-state index in [4.69, 9.17) is 5.11 Å². The molecule has 2 atom stereocenters. The third-order valence-electron chi connectivity index (χ3n) is 3.55. The fourth-order valence-corrected chi connectivity index (χ4v) is 2.53. The second kappa shape index (κ2) is 5.82. The van der Waals surface area contributed by atoms with E-state index in [1.165, 1.54) is 18.2 Å². The second-order valence-corrected chi connectivity index (χ2v) is 4.80. The van der Waals surface area contributed by atoms with Gasteiger partial charge in [-0.1, -0.05) is 25.0 Å². The van der Waals surface area contributed by atoms with Gasteiger partial charge in [0.05, 0.1) is 17.5 Å². The Kier molecular flexibility index (Phi) is 4.14. The summed E-state index contributed by atoms with van der Waals surface area (Å²) in [5, 5.41) is 11.6. The molecule has 0 aliphatic heterocycles. The Hall–Kier alpha value is -1.91. The van der Waals surface area contributed by atoms with Crippen LogP contribution in [0.1, 0.15) is 25.7 Å². The van der Waals surface area contributed by atoms with Crippen LogP contribution in [0.3, 0.4) is 0 Å². The fourth-order valence-electron chi connectivity index (χ4n) is 2.53. The Balaban J connectivity index is 2.10. The summed E-state index contributed by atoms with van der Waals surface area (Å²) in [7, 11) is 0. The van der Waals surface area contributed by atoms with E-state index in [-0.39, 0.29) is 5.69 Å². The van der Waals surface area contributed by atoms with E-state index >= 15 is 0 Å². The molecular formula is C14H16FNO3. The Morgan fingerprint density at radius 2 is 1.79 bits per heavy atom. The van der Waals surface area contributed by atoms with Gasteiger partial charge in [0.1, 0.15) is 5.82 Å². The molecule has 1 fully saturated rings. The Labute approximate surface area is 110 Å². The summed E-state index contributed by atoms with van der Waals surface area (Å²) in [6.45, 7) is 0. The average molecular weight is 265 g/mol. The number of amides is 1. The molecule has 1 saturated carbocycles. The van der Waals surface area contributed by atoms with E-state index in [9.17, 15) is 14.0 Å². The normalized spacial score (nSPS) is 22.8. The lowest BCUT2D eigenvalue weighted by molar-refractivity contribution is -0.147. The molecule has 0 radical (unpaired) electrons. The minimum absolute atomic E-state index is 0.0993. The first-order valence-corrected chi connectivity index (χ1v) is 6.38. The first kappa shape index (κ1) is 13.5. The van der Waals surface area contributed by atoms with Crippen LogP contribution in [-0.2, 0) is 9.59 Å². The van der Waals surface area contributed by atoms with E-state index in [2.05, 4.69) is 5.32 Å². The highest BCUT2D eigenvalue weighted by atomic mass is 19.1. The molecule has 0 saturated heterocycles. The van der Waals surface area contributed by atoms with Gasteiger partial charge in [0.15, 0.2) is 0 Å². The SMILES string of the molecule is O=C(O)[C@H]1CCCC[C@@H]1C(=O)Nc1ccccc1F. The Morgan fingerprint density at radius 3 is 2.42 bits per heavy atom. The average Bonchev–Trinajstić information content (AvgIpc) is 2.41. The van der Waals surface area contributed by atoms with Gasteiger partial charge in [-0.3, -0.25) is 9.59 Å². The number of carbonyl (C=O) groups excluding carboxylic acids is 1. The maximum Gasteiger partial charge on any atom is 0.307 e. The number of benzene rings is 1. The monoisotopic (exact) mass is 265 g/mol. The number of aliphatic carboxylic acids is 1. The van der Waals surface area contributed by atoms with Crippen LogP contribution in [0, 0.1) is 17.7 Å². The highest BCUT2D eigenvalue weighted by Gasteiger charge is 2.35. The standard InChI is InChI=1S/C14H16FNO3/c15-11-7-3-4-8-12(11)16-13(17)9-5-1-2-6-10(9)14(18)19/h3-4,7-10H,1-2,5-6H2,(H,16,17)(H,18,19)/t9-,10-/m0/s1. The van der Waals surface area contributed by atoms with Crippen molar-refractivity contribution in [3.63, 3.8) is 0 Å². The minimum atomic E-state index is -0.951. The highest BCUT2D eigenvalue weighted by Crippen LogP contribution is 2.31. The number of hydrogen-bond donors (Lipinski definition) is 2. The molecule has 1 aliphatic carbocycles. The summed E-state index contributed by atoms with van der Waals surface area (Å²) in [6, 6.07) is 5.87. The maximum absolute atomic E-state index is 13.4. The number of carboxylic acids is 1. The third-order valence-corrected chi connectivity index (χ3v) is 3.55. The number of rotatable bonds is 3. The third kappa shape index (κ3) is 3.10. The molecule has 0 heterocycles. The molecule has 5 heteroatoms. The molecule has 19 heavy (non-hydrogen) atoms. The molecule has 1 aromatic rings. The molecule has 0 unspecified atom stereocenters. The highest BCUT2D eigenvalue weighted by molar-refractivity contribution is 5.95. The van der Waals surface area contributed by atoms with Crippen molar-refractivity contribution in [1.29, 1.82) is 0 Å². The molecule has 1 amide bonds. The smallest absolute Gasteiger partial charge is 0.307 e. The lowest BCUT2D eigenvalue weighted by Gasteiger charge is -2.27. The molecule has 0 bridgehead atoms. The Bertz CT molecular complexity index is 489. The van der Waals surface area contributed by atoms with Gasteiger partial charge in [0.25, 0.3) is 0 Å². The van der Waals surface area contributed by atoms with Gasteiger partial charge in [-0.15, -0.1) is 0 Å². The van der Waals surface area contributed by atoms with Gasteiger partial charge >= 0.3 is 5.97 Å². The van der Waals surface area contributed by atoms with E-state index in [0.29, 0.717) is 12.8 Å². The lowest BCUT2D eigenvalue weighted by Crippen LogP contribution is -2.36. The number of anilines is 1. The summed E-state index contributed by atoms with van der Waals surface area (Å²) in [5.41, 5.74) is 0.0993. The first-order valence-electron chi connectivity index (χ1n) is 6.38. The molecule has 2 N–H and O–H groups in total. The van der Waals surface area contributed by atoms with Crippen molar-refractivity contribution >= 4 is 17.6 Å². The molecule has 102 valence electrons. The van der Waals surface area contributed by atoms with E-state index in [0.717, 1.165) is 12.8 Å². The molecule has 1 aliphatic rings. The van der Waals surface area contributed by atoms with Crippen molar-refractivity contribution in [3.8, 4) is 0 Å². The predicted molar refractivity (Wildman–Crippen MR) is 68.1 cm³/mol. The van der Waals surface area contributed by atoms with Gasteiger partial charge in [-0.25, -0.2) is 4.39 Å². The van der Waals surface area contributed by atoms with Gasteiger partial charge < -0.3 is 10.4 Å². The van der Waals surface area contributed by atoms with E-state index in [1.54, 1.807) is 6.07 Å². The molecule has 4 nitrogen and oxygen atoms in total. The van der Waals surface area contributed by atoms with Crippen LogP contribution in [-0.4, -0.2) is 17.0 Å². The lowest BCUT2D eigenvalue weighted by atomic mass is 9.78. The van der Waals surface area contributed by atoms with Crippen LogP contribution in [0.15, 0.2) is 24.3 Å². The summed E-state index contributed by atoms with van der Waals surface area (Å²) in [6.07, 6.45) is 2.70. The molecule has 1 aromatic carbocycles. The van der Waals surface area contributed by atoms with E-state index in [1.807, 2.05) is 0 Å². The Morgan fingerprint density at radius 1 is 1.16 bits per heavy atom. The van der Waals surface area contributed by atoms with Gasteiger partial charge in [-0.05, 0) is 25.0 Å². The van der Waals surface area contributed by atoms with Gasteiger partial charge in [0, 0.05) is 0 Å². The number of halogens is 1. The van der Waals surface area contributed by atoms with Crippen LogP contribution in [0.2, 0.25) is 0 Å². The fraction of sp³-hybridized carbons (Fsp3) is 0.429. The van der Waals surface area contributed by atoms with E-state index < -0.39 is 29.5 Å². The van der Waals surface area contributed by atoms with Crippen molar-refractivity contribution in [1.82, 2.24) is 0 Å². The topological polar surface area (TPSA) is 66.4 Å². The van der Waals surface area contributed by atoms with Crippen LogP contribution in [0.25, 0.3) is 0 Å². The number of carboxylic acid groups (broad SMARTS) is 1. The molecule has 0 spiro atoms. The van der Waals surface area contributed by atoms with Crippen molar-refractivity contribution in [2.45, 2.75) is 25.7 Å². The molecule has 2 rings (SSSR count). The quantitative estimate of drug-likeness (QED) is 0.883. The summed E-state index contributed by atoms with van der Waals surface area (Å²) >= 11 is 0. The van der Waals surface area contributed by atoms with Crippen LogP contribution in [0.4, 0.5) is 10.1 Å². The first-order chi connectivity index (χ1) is 9.09.